The van der Waals surface area contributed by atoms with Crippen LogP contribution in [-0.2, 0) is 13.0 Å². The predicted molar refractivity (Wildman–Crippen MR) is 66.0 cm³/mol. The van der Waals surface area contributed by atoms with Crippen LogP contribution in [0.25, 0.3) is 0 Å². The second-order valence-electron chi connectivity index (χ2n) is 3.26. The topological polar surface area (TPSA) is 40.7 Å². The lowest BCUT2D eigenvalue weighted by atomic mass is 10.3. The highest BCUT2D eigenvalue weighted by Gasteiger charge is 1.97. The van der Waals surface area contributed by atoms with Gasteiger partial charge in [0.05, 0.1) is 10.1 Å². The molecule has 3 nitrogen and oxygen atoms in total. The number of H-pyrrole nitrogens is 1. The molecule has 0 aliphatic carbocycles. The van der Waals surface area contributed by atoms with E-state index in [1.54, 1.807) is 17.7 Å². The molecule has 2 rings (SSSR count). The fourth-order valence-electron chi connectivity index (χ4n) is 1.32. The van der Waals surface area contributed by atoms with Crippen LogP contribution >= 0.6 is 27.3 Å². The molecular formula is C10H12BrN3S. The molecule has 0 spiro atoms. The summed E-state index contributed by atoms with van der Waals surface area (Å²) < 4.78 is 1.19. The van der Waals surface area contributed by atoms with Crippen LogP contribution in [0.15, 0.2) is 27.8 Å². The van der Waals surface area contributed by atoms with Crippen LogP contribution in [0.5, 0.6) is 0 Å². The Hall–Kier alpha value is -0.650. The molecule has 0 aliphatic rings. The number of thiophene rings is 1. The minimum Gasteiger partial charge on any atom is -0.348 e. The number of rotatable bonds is 5. The maximum atomic E-state index is 3.97. The number of aromatic nitrogens is 2. The van der Waals surface area contributed by atoms with E-state index in [-0.39, 0.29) is 0 Å². The van der Waals surface area contributed by atoms with E-state index in [4.69, 9.17) is 0 Å². The molecule has 0 atom stereocenters. The lowest BCUT2D eigenvalue weighted by Gasteiger charge is -2.01. The van der Waals surface area contributed by atoms with Gasteiger partial charge in [0.15, 0.2) is 0 Å². The molecule has 0 fully saturated rings. The van der Waals surface area contributed by atoms with E-state index in [2.05, 4.69) is 42.7 Å². The van der Waals surface area contributed by atoms with Crippen LogP contribution in [0, 0.1) is 0 Å². The van der Waals surface area contributed by atoms with E-state index in [1.165, 1.54) is 15.0 Å². The zero-order chi connectivity index (χ0) is 10.5. The number of nitrogens with one attached hydrogen (secondary N) is 2. The first-order chi connectivity index (χ1) is 7.34. The third-order valence-electron chi connectivity index (χ3n) is 2.08. The highest BCUT2D eigenvalue weighted by Crippen LogP contribution is 2.20. The molecule has 15 heavy (non-hydrogen) atoms. The molecular weight excluding hydrogens is 274 g/mol. The number of hydrogen-bond donors (Lipinski definition) is 2. The van der Waals surface area contributed by atoms with Crippen molar-refractivity contribution in [2.24, 2.45) is 0 Å². The van der Waals surface area contributed by atoms with Crippen molar-refractivity contribution < 1.29 is 0 Å². The van der Waals surface area contributed by atoms with Crippen molar-refractivity contribution in [1.29, 1.82) is 0 Å². The van der Waals surface area contributed by atoms with Gasteiger partial charge in [-0.15, -0.1) is 11.3 Å². The second-order valence-corrected chi connectivity index (χ2v) is 5.55. The first-order valence-electron chi connectivity index (χ1n) is 4.75. The number of nitrogens with zero attached hydrogens (tertiary/aromatic N) is 1. The minimum absolute atomic E-state index is 0.927. The molecule has 0 aliphatic heterocycles. The largest absolute Gasteiger partial charge is 0.348 e. The average Bonchev–Trinajstić information content (AvgIpc) is 2.84. The van der Waals surface area contributed by atoms with Crippen LogP contribution in [0.3, 0.4) is 0 Å². The Kier molecular flexibility index (Phi) is 3.94. The lowest BCUT2D eigenvalue weighted by Crippen LogP contribution is -2.16. The van der Waals surface area contributed by atoms with Gasteiger partial charge in [0.2, 0.25) is 0 Å². The highest BCUT2D eigenvalue weighted by atomic mass is 79.9. The summed E-state index contributed by atoms with van der Waals surface area (Å²) in [7, 11) is 0. The molecule has 0 amide bonds. The third kappa shape index (κ3) is 3.44. The van der Waals surface area contributed by atoms with E-state index >= 15 is 0 Å². The summed E-state index contributed by atoms with van der Waals surface area (Å²) in [4.78, 5) is 7.06. The van der Waals surface area contributed by atoms with E-state index in [0.29, 0.717) is 0 Å². The summed E-state index contributed by atoms with van der Waals surface area (Å²) in [5.41, 5.74) is 2.51. The van der Waals surface area contributed by atoms with Gasteiger partial charge >= 0.3 is 0 Å². The van der Waals surface area contributed by atoms with Gasteiger partial charge in [0, 0.05) is 31.4 Å². The van der Waals surface area contributed by atoms with Gasteiger partial charge in [-0.05, 0) is 32.9 Å². The average molecular weight is 286 g/mol. The van der Waals surface area contributed by atoms with E-state index in [0.717, 1.165) is 19.5 Å². The SMILES string of the molecule is Brc1cc(CNCCc2cnc[nH]2)cs1. The summed E-state index contributed by atoms with van der Waals surface area (Å²) >= 11 is 5.17. The molecule has 0 saturated heterocycles. The molecule has 0 saturated carbocycles. The van der Waals surface area contributed by atoms with Crippen molar-refractivity contribution in [2.75, 3.05) is 6.54 Å². The van der Waals surface area contributed by atoms with Gasteiger partial charge in [-0.1, -0.05) is 0 Å². The van der Waals surface area contributed by atoms with E-state index in [1.807, 2.05) is 6.20 Å². The molecule has 0 radical (unpaired) electrons. The molecule has 0 bridgehead atoms. The van der Waals surface area contributed by atoms with Gasteiger partial charge in [-0.3, -0.25) is 0 Å². The Morgan fingerprint density at radius 3 is 3.13 bits per heavy atom. The molecule has 80 valence electrons. The van der Waals surface area contributed by atoms with Gasteiger partial charge in [0.1, 0.15) is 0 Å². The zero-order valence-electron chi connectivity index (χ0n) is 8.16. The molecule has 0 aromatic carbocycles. The van der Waals surface area contributed by atoms with Crippen LogP contribution in [0.4, 0.5) is 0 Å². The van der Waals surface area contributed by atoms with E-state index in [9.17, 15) is 0 Å². The summed E-state index contributed by atoms with van der Waals surface area (Å²) in [5, 5.41) is 5.55. The van der Waals surface area contributed by atoms with Crippen molar-refractivity contribution >= 4 is 27.3 Å². The number of imidazole rings is 1. The van der Waals surface area contributed by atoms with Crippen molar-refractivity contribution in [1.82, 2.24) is 15.3 Å². The van der Waals surface area contributed by atoms with Crippen LogP contribution in [-0.4, -0.2) is 16.5 Å². The molecule has 2 aromatic rings. The van der Waals surface area contributed by atoms with Gasteiger partial charge in [-0.2, -0.15) is 0 Å². The molecule has 0 unspecified atom stereocenters. The van der Waals surface area contributed by atoms with Crippen LogP contribution in [0.2, 0.25) is 0 Å². The minimum atomic E-state index is 0.927. The standard InChI is InChI=1S/C10H12BrN3S/c11-10-3-8(6-15-10)4-12-2-1-9-5-13-7-14-9/h3,5-7,12H,1-2,4H2,(H,13,14). The van der Waals surface area contributed by atoms with Crippen molar-refractivity contribution in [3.63, 3.8) is 0 Å². The summed E-state index contributed by atoms with van der Waals surface area (Å²) in [6.07, 6.45) is 4.57. The van der Waals surface area contributed by atoms with Gasteiger partial charge in [0.25, 0.3) is 0 Å². The normalized spacial score (nSPS) is 10.7. The predicted octanol–water partition coefficient (Wildman–Crippen LogP) is 2.57. The Labute approximate surface area is 101 Å². The smallest absolute Gasteiger partial charge is 0.0921 e. The number of halogens is 1. The molecule has 2 aromatic heterocycles. The summed E-state index contributed by atoms with van der Waals surface area (Å²) in [6.45, 7) is 1.89. The zero-order valence-corrected chi connectivity index (χ0v) is 10.6. The fourth-order valence-corrected chi connectivity index (χ4v) is 2.52. The number of hydrogen-bond acceptors (Lipinski definition) is 3. The summed E-state index contributed by atoms with van der Waals surface area (Å²) in [6, 6.07) is 2.15. The molecule has 5 heteroatoms. The van der Waals surface area contributed by atoms with Crippen LogP contribution in [0.1, 0.15) is 11.3 Å². The highest BCUT2D eigenvalue weighted by molar-refractivity contribution is 9.11. The maximum Gasteiger partial charge on any atom is 0.0921 e. The third-order valence-corrected chi connectivity index (χ3v) is 3.63. The summed E-state index contributed by atoms with van der Waals surface area (Å²) in [5.74, 6) is 0. The monoisotopic (exact) mass is 285 g/mol. The second kappa shape index (κ2) is 5.44. The van der Waals surface area contributed by atoms with Crippen molar-refractivity contribution in [3.8, 4) is 0 Å². The van der Waals surface area contributed by atoms with Crippen molar-refractivity contribution in [2.45, 2.75) is 13.0 Å². The molecule has 2 heterocycles. The first kappa shape index (κ1) is 10.9. The Morgan fingerprint density at radius 1 is 1.53 bits per heavy atom. The Balaban J connectivity index is 1.67. The fraction of sp³-hybridized carbons (Fsp3) is 0.300. The van der Waals surface area contributed by atoms with Gasteiger partial charge < -0.3 is 10.3 Å². The van der Waals surface area contributed by atoms with E-state index < -0.39 is 0 Å². The number of aromatic amines is 1. The Morgan fingerprint density at radius 2 is 2.47 bits per heavy atom. The lowest BCUT2D eigenvalue weighted by molar-refractivity contribution is 0.682. The quantitative estimate of drug-likeness (QED) is 0.829. The van der Waals surface area contributed by atoms with Crippen LogP contribution < -0.4 is 5.32 Å². The molecule has 2 N–H and O–H groups in total. The first-order valence-corrected chi connectivity index (χ1v) is 6.43. The maximum absolute atomic E-state index is 3.97. The van der Waals surface area contributed by atoms with Crippen molar-refractivity contribution in [3.05, 3.63) is 39.0 Å². The Bertz CT molecular complexity index is 396. The van der Waals surface area contributed by atoms with Gasteiger partial charge in [-0.25, -0.2) is 4.98 Å².